The van der Waals surface area contributed by atoms with E-state index in [4.69, 9.17) is 9.47 Å². The van der Waals surface area contributed by atoms with Crippen molar-refractivity contribution in [3.63, 3.8) is 0 Å². The van der Waals surface area contributed by atoms with E-state index in [-0.39, 0.29) is 25.5 Å². The predicted molar refractivity (Wildman–Crippen MR) is 126 cm³/mol. The molecule has 0 unspecified atom stereocenters. The zero-order valence-corrected chi connectivity index (χ0v) is 20.2. The smallest absolute Gasteiger partial charge is 0.338 e. The van der Waals surface area contributed by atoms with Crippen LogP contribution >= 0.6 is 15.9 Å². The molecule has 1 saturated heterocycles. The summed E-state index contributed by atoms with van der Waals surface area (Å²) in [6.07, 6.45) is -0.00883. The number of carbonyl (C=O) groups is 4. The SMILES string of the molecule is CCOC(=O)c1ccc(N2C[C@H](C(=O)OCC(=O)Nc3ccc(Br)c(C)c3C)CC2=O)cc1. The standard InChI is InChI=1S/C24H25BrN2O6/c1-4-32-23(30)16-5-7-18(8-6-16)27-12-17(11-22(27)29)24(31)33-13-21(28)26-20-10-9-19(25)14(2)15(20)3/h5-10,17H,4,11-13H2,1-3H3,(H,26,28)/t17-/m1/s1. The molecule has 1 heterocycles. The van der Waals surface area contributed by atoms with Crippen LogP contribution in [0.5, 0.6) is 0 Å². The largest absolute Gasteiger partial charge is 0.462 e. The Kier molecular flexibility index (Phi) is 7.86. The van der Waals surface area contributed by atoms with Gasteiger partial charge in [0.15, 0.2) is 6.61 Å². The van der Waals surface area contributed by atoms with E-state index in [1.165, 1.54) is 4.90 Å². The Morgan fingerprint density at radius 1 is 1.06 bits per heavy atom. The van der Waals surface area contributed by atoms with E-state index in [0.29, 0.717) is 16.9 Å². The third-order valence-corrected chi connectivity index (χ3v) is 6.35. The Morgan fingerprint density at radius 2 is 1.76 bits per heavy atom. The molecule has 9 heteroatoms. The maximum Gasteiger partial charge on any atom is 0.338 e. The van der Waals surface area contributed by atoms with Crippen molar-refractivity contribution in [2.45, 2.75) is 27.2 Å². The molecule has 1 atom stereocenters. The van der Waals surface area contributed by atoms with Gasteiger partial charge in [-0.15, -0.1) is 0 Å². The highest BCUT2D eigenvalue weighted by molar-refractivity contribution is 9.10. The number of nitrogens with zero attached hydrogens (tertiary/aromatic N) is 1. The van der Waals surface area contributed by atoms with Crippen molar-refractivity contribution in [2.24, 2.45) is 5.92 Å². The zero-order chi connectivity index (χ0) is 24.1. The highest BCUT2D eigenvalue weighted by Crippen LogP contribution is 2.27. The molecule has 1 aliphatic rings. The molecule has 8 nitrogen and oxygen atoms in total. The number of hydrogen-bond donors (Lipinski definition) is 1. The summed E-state index contributed by atoms with van der Waals surface area (Å²) in [7, 11) is 0. The summed E-state index contributed by atoms with van der Waals surface area (Å²) in [5.41, 5.74) is 3.51. The summed E-state index contributed by atoms with van der Waals surface area (Å²) in [4.78, 5) is 50.4. The average Bonchev–Trinajstić information content (AvgIpc) is 3.20. The van der Waals surface area contributed by atoms with Crippen molar-refractivity contribution in [3.8, 4) is 0 Å². The molecule has 0 saturated carbocycles. The van der Waals surface area contributed by atoms with E-state index in [1.54, 1.807) is 37.3 Å². The van der Waals surface area contributed by atoms with Crippen LogP contribution in [0, 0.1) is 19.8 Å². The Labute approximate surface area is 200 Å². The van der Waals surface area contributed by atoms with Gasteiger partial charge >= 0.3 is 11.9 Å². The number of rotatable bonds is 7. The van der Waals surface area contributed by atoms with Crippen molar-refractivity contribution >= 4 is 51.1 Å². The Hall–Kier alpha value is -3.20. The lowest BCUT2D eigenvalue weighted by Crippen LogP contribution is -2.28. The number of carbonyl (C=O) groups excluding carboxylic acids is 4. The fourth-order valence-corrected chi connectivity index (χ4v) is 3.90. The first-order chi connectivity index (χ1) is 15.7. The van der Waals surface area contributed by atoms with Crippen LogP contribution in [0.2, 0.25) is 0 Å². The van der Waals surface area contributed by atoms with E-state index in [9.17, 15) is 19.2 Å². The van der Waals surface area contributed by atoms with Crippen molar-refractivity contribution < 1.29 is 28.7 Å². The highest BCUT2D eigenvalue weighted by Gasteiger charge is 2.36. The molecule has 1 aliphatic heterocycles. The molecule has 0 spiro atoms. The van der Waals surface area contributed by atoms with Gasteiger partial charge < -0.3 is 19.7 Å². The first kappa shape index (κ1) is 24.4. The number of hydrogen-bond acceptors (Lipinski definition) is 6. The van der Waals surface area contributed by atoms with Gasteiger partial charge in [0.1, 0.15) is 0 Å². The second kappa shape index (κ2) is 10.6. The molecular weight excluding hydrogens is 492 g/mol. The number of anilines is 2. The van der Waals surface area contributed by atoms with Crippen LogP contribution in [0.25, 0.3) is 0 Å². The topological polar surface area (TPSA) is 102 Å². The van der Waals surface area contributed by atoms with Gasteiger partial charge in [0.2, 0.25) is 5.91 Å². The van der Waals surface area contributed by atoms with Crippen LogP contribution in [0.3, 0.4) is 0 Å². The normalized spacial score (nSPS) is 15.3. The summed E-state index contributed by atoms with van der Waals surface area (Å²) < 4.78 is 11.1. The van der Waals surface area contributed by atoms with Crippen LogP contribution in [-0.2, 0) is 23.9 Å². The van der Waals surface area contributed by atoms with Gasteiger partial charge in [0.05, 0.1) is 18.1 Å². The molecule has 1 N–H and O–H groups in total. The molecule has 2 aromatic carbocycles. The lowest BCUT2D eigenvalue weighted by molar-refractivity contribution is -0.151. The lowest BCUT2D eigenvalue weighted by Gasteiger charge is -2.17. The molecular formula is C24H25BrN2O6. The lowest BCUT2D eigenvalue weighted by atomic mass is 10.1. The highest BCUT2D eigenvalue weighted by atomic mass is 79.9. The third-order valence-electron chi connectivity index (χ3n) is 5.49. The minimum Gasteiger partial charge on any atom is -0.462 e. The molecule has 3 rings (SSSR count). The number of nitrogens with one attached hydrogen (secondary N) is 1. The molecule has 1 fully saturated rings. The number of amides is 2. The van der Waals surface area contributed by atoms with E-state index in [1.807, 2.05) is 19.9 Å². The van der Waals surface area contributed by atoms with Gasteiger partial charge in [-0.2, -0.15) is 0 Å². The van der Waals surface area contributed by atoms with Gasteiger partial charge in [0.25, 0.3) is 5.91 Å². The first-order valence-corrected chi connectivity index (χ1v) is 11.3. The van der Waals surface area contributed by atoms with Gasteiger partial charge in [-0.1, -0.05) is 15.9 Å². The quantitative estimate of drug-likeness (QED) is 0.561. The van der Waals surface area contributed by atoms with Crippen LogP contribution in [0.4, 0.5) is 11.4 Å². The maximum absolute atomic E-state index is 12.5. The van der Waals surface area contributed by atoms with E-state index in [0.717, 1.165) is 15.6 Å². The second-order valence-corrected chi connectivity index (χ2v) is 8.53. The van der Waals surface area contributed by atoms with Gasteiger partial charge in [-0.25, -0.2) is 4.79 Å². The first-order valence-electron chi connectivity index (χ1n) is 10.5. The molecule has 2 aromatic rings. The summed E-state index contributed by atoms with van der Waals surface area (Å²) >= 11 is 3.44. The molecule has 0 radical (unpaired) electrons. The van der Waals surface area contributed by atoms with Crippen LogP contribution in [-0.4, -0.2) is 43.5 Å². The minimum absolute atomic E-state index is 0.00883. The third kappa shape index (κ3) is 5.78. The van der Waals surface area contributed by atoms with Crippen molar-refractivity contribution in [1.82, 2.24) is 0 Å². The van der Waals surface area contributed by atoms with Gasteiger partial charge in [-0.3, -0.25) is 14.4 Å². The van der Waals surface area contributed by atoms with Gasteiger partial charge in [0, 0.05) is 28.8 Å². The Morgan fingerprint density at radius 3 is 2.42 bits per heavy atom. The summed E-state index contributed by atoms with van der Waals surface area (Å²) in [6, 6.07) is 10.0. The number of benzene rings is 2. The Balaban J connectivity index is 1.54. The number of esters is 2. The summed E-state index contributed by atoms with van der Waals surface area (Å²) in [5.74, 6) is -2.40. The van der Waals surface area contributed by atoms with Crippen LogP contribution in [0.1, 0.15) is 34.8 Å². The van der Waals surface area contributed by atoms with Crippen molar-refractivity contribution in [1.29, 1.82) is 0 Å². The number of ether oxygens (including phenoxy) is 2. The minimum atomic E-state index is -0.674. The van der Waals surface area contributed by atoms with Crippen LogP contribution in [0.15, 0.2) is 40.9 Å². The van der Waals surface area contributed by atoms with Crippen LogP contribution < -0.4 is 10.2 Å². The zero-order valence-electron chi connectivity index (χ0n) is 18.6. The predicted octanol–water partition coefficient (Wildman–Crippen LogP) is 3.78. The maximum atomic E-state index is 12.5. The summed E-state index contributed by atoms with van der Waals surface area (Å²) in [6.45, 7) is 5.52. The monoisotopic (exact) mass is 516 g/mol. The van der Waals surface area contributed by atoms with Crippen molar-refractivity contribution in [3.05, 3.63) is 57.6 Å². The molecule has 174 valence electrons. The van der Waals surface area contributed by atoms with E-state index < -0.39 is 30.4 Å². The molecule has 0 aliphatic carbocycles. The number of halogens is 1. The fraction of sp³-hybridized carbons (Fsp3) is 0.333. The Bertz CT molecular complexity index is 1080. The fourth-order valence-electron chi connectivity index (χ4n) is 3.47. The second-order valence-electron chi connectivity index (χ2n) is 7.67. The van der Waals surface area contributed by atoms with Gasteiger partial charge in [-0.05, 0) is 68.3 Å². The molecule has 2 amide bonds. The van der Waals surface area contributed by atoms with Crippen molar-refractivity contribution in [2.75, 3.05) is 30.0 Å². The van der Waals surface area contributed by atoms with E-state index >= 15 is 0 Å². The van der Waals surface area contributed by atoms with E-state index in [2.05, 4.69) is 21.2 Å². The molecule has 0 bridgehead atoms. The molecule has 0 aromatic heterocycles. The average molecular weight is 517 g/mol. The molecule has 33 heavy (non-hydrogen) atoms. The summed E-state index contributed by atoms with van der Waals surface area (Å²) in [5, 5.41) is 2.74.